The van der Waals surface area contributed by atoms with Gasteiger partial charge in [-0.3, -0.25) is 9.59 Å². The van der Waals surface area contributed by atoms with Gasteiger partial charge in [0.25, 0.3) is 0 Å². The van der Waals surface area contributed by atoms with Gasteiger partial charge in [0.15, 0.2) is 5.12 Å². The second-order valence-electron chi connectivity index (χ2n) is 3.57. The molecule has 0 saturated carbocycles. The molecule has 92 valence electrons. The highest BCUT2D eigenvalue weighted by Gasteiger charge is 2.05. The normalized spacial score (nSPS) is 9.94. The minimum absolute atomic E-state index is 0.140. The summed E-state index contributed by atoms with van der Waals surface area (Å²) in [4.78, 5) is 23.4. The first-order valence-corrected chi connectivity index (χ1v) is 6.36. The lowest BCUT2D eigenvalue weighted by Crippen LogP contribution is -2.00. The molecule has 1 aromatic carbocycles. The van der Waals surface area contributed by atoms with Crippen molar-refractivity contribution in [2.45, 2.75) is 30.6 Å². The van der Waals surface area contributed by atoms with E-state index in [-0.39, 0.29) is 11.1 Å². The molecule has 0 saturated heterocycles. The van der Waals surface area contributed by atoms with E-state index in [1.165, 1.54) is 18.9 Å². The first-order chi connectivity index (χ1) is 8.22. The number of rotatable bonds is 6. The van der Waals surface area contributed by atoms with Gasteiger partial charge in [-0.25, -0.2) is 0 Å². The molecule has 0 aliphatic rings. The molecule has 17 heavy (non-hydrogen) atoms. The third-order valence-electron chi connectivity index (χ3n) is 2.21. The molecule has 0 atom stereocenters. The van der Waals surface area contributed by atoms with E-state index < -0.39 is 0 Å². The molecule has 0 unspecified atom stereocenters. The molecule has 0 amide bonds. The maximum Gasteiger partial charge on any atom is 0.305 e. The number of unbranched alkanes of at least 4 members (excludes halogenated alkanes) is 1. The summed E-state index contributed by atoms with van der Waals surface area (Å²) < 4.78 is 4.52. The van der Waals surface area contributed by atoms with Crippen LogP contribution in [0.3, 0.4) is 0 Å². The van der Waals surface area contributed by atoms with Crippen molar-refractivity contribution in [1.29, 1.82) is 0 Å². The predicted octanol–water partition coefficient (Wildman–Crippen LogP) is 3.04. The van der Waals surface area contributed by atoms with Gasteiger partial charge >= 0.3 is 5.97 Å². The van der Waals surface area contributed by atoms with Crippen molar-refractivity contribution in [2.24, 2.45) is 0 Å². The van der Waals surface area contributed by atoms with Crippen LogP contribution < -0.4 is 0 Å². The van der Waals surface area contributed by atoms with Crippen molar-refractivity contribution in [3.05, 3.63) is 30.3 Å². The standard InChI is InChI=1S/C13H16O3S/c1-16-12(14)9-5-6-10-13(15)17-11-7-3-2-4-8-11/h2-4,7-8H,5-6,9-10H2,1H3. The van der Waals surface area contributed by atoms with Crippen molar-refractivity contribution < 1.29 is 14.3 Å². The minimum Gasteiger partial charge on any atom is -0.469 e. The molecule has 0 spiro atoms. The lowest BCUT2D eigenvalue weighted by molar-refractivity contribution is -0.140. The van der Waals surface area contributed by atoms with Gasteiger partial charge < -0.3 is 4.74 Å². The van der Waals surface area contributed by atoms with Crippen LogP contribution in [0, 0.1) is 0 Å². The minimum atomic E-state index is -0.215. The largest absolute Gasteiger partial charge is 0.469 e. The molecular formula is C13H16O3S. The van der Waals surface area contributed by atoms with E-state index in [9.17, 15) is 9.59 Å². The Kier molecular flexibility index (Phi) is 6.40. The maximum atomic E-state index is 11.6. The van der Waals surface area contributed by atoms with Crippen molar-refractivity contribution in [3.63, 3.8) is 0 Å². The fourth-order valence-electron chi connectivity index (χ4n) is 1.31. The summed E-state index contributed by atoms with van der Waals surface area (Å²) in [7, 11) is 1.37. The number of ether oxygens (including phenoxy) is 1. The number of esters is 1. The Balaban J connectivity index is 2.16. The summed E-state index contributed by atoms with van der Waals surface area (Å²) in [6.45, 7) is 0. The molecular weight excluding hydrogens is 236 g/mol. The van der Waals surface area contributed by atoms with Crippen LogP contribution in [0.4, 0.5) is 0 Å². The third-order valence-corrected chi connectivity index (χ3v) is 3.15. The fourth-order valence-corrected chi connectivity index (χ4v) is 2.11. The van der Waals surface area contributed by atoms with E-state index in [1.807, 2.05) is 30.3 Å². The van der Waals surface area contributed by atoms with E-state index in [1.54, 1.807) is 0 Å². The zero-order valence-electron chi connectivity index (χ0n) is 9.85. The van der Waals surface area contributed by atoms with Gasteiger partial charge in [0.2, 0.25) is 0 Å². The van der Waals surface area contributed by atoms with Crippen molar-refractivity contribution in [2.75, 3.05) is 7.11 Å². The molecule has 3 nitrogen and oxygen atoms in total. The van der Waals surface area contributed by atoms with Gasteiger partial charge in [-0.05, 0) is 25.0 Å². The third kappa shape index (κ3) is 6.12. The number of thioether (sulfide) groups is 1. The van der Waals surface area contributed by atoms with E-state index in [4.69, 9.17) is 0 Å². The second kappa shape index (κ2) is 7.90. The molecule has 0 N–H and O–H groups in total. The average molecular weight is 252 g/mol. The highest BCUT2D eigenvalue weighted by molar-refractivity contribution is 8.13. The Hall–Kier alpha value is -1.29. The van der Waals surface area contributed by atoms with Gasteiger partial charge in [0, 0.05) is 17.7 Å². The lowest BCUT2D eigenvalue weighted by atomic mass is 10.2. The SMILES string of the molecule is COC(=O)CCCCC(=O)Sc1ccccc1. The van der Waals surface area contributed by atoms with E-state index in [0.29, 0.717) is 19.3 Å². The Morgan fingerprint density at radius 1 is 1.12 bits per heavy atom. The molecule has 1 aromatic rings. The summed E-state index contributed by atoms with van der Waals surface area (Å²) in [5.74, 6) is -0.215. The molecule has 0 aliphatic carbocycles. The van der Waals surface area contributed by atoms with Gasteiger partial charge in [-0.1, -0.05) is 30.0 Å². The molecule has 0 bridgehead atoms. The monoisotopic (exact) mass is 252 g/mol. The number of methoxy groups -OCH3 is 1. The van der Waals surface area contributed by atoms with E-state index in [2.05, 4.69) is 4.74 Å². The van der Waals surface area contributed by atoms with Crippen molar-refractivity contribution >= 4 is 22.8 Å². The number of benzene rings is 1. The van der Waals surface area contributed by atoms with Crippen LogP contribution in [-0.2, 0) is 14.3 Å². The molecule has 0 aromatic heterocycles. The Labute approximate surface area is 106 Å². The van der Waals surface area contributed by atoms with Crippen LogP contribution in [0.2, 0.25) is 0 Å². The topological polar surface area (TPSA) is 43.4 Å². The Morgan fingerprint density at radius 3 is 2.41 bits per heavy atom. The first-order valence-electron chi connectivity index (χ1n) is 5.55. The van der Waals surface area contributed by atoms with Crippen LogP contribution in [-0.4, -0.2) is 18.2 Å². The molecule has 0 heterocycles. The number of carbonyl (C=O) groups excluding carboxylic acids is 2. The lowest BCUT2D eigenvalue weighted by Gasteiger charge is -2.01. The van der Waals surface area contributed by atoms with E-state index in [0.717, 1.165) is 11.3 Å². The van der Waals surface area contributed by atoms with Crippen LogP contribution in [0.25, 0.3) is 0 Å². The van der Waals surface area contributed by atoms with Gasteiger partial charge in [-0.15, -0.1) is 0 Å². The second-order valence-corrected chi connectivity index (χ2v) is 4.70. The smallest absolute Gasteiger partial charge is 0.305 e. The number of hydrogen-bond acceptors (Lipinski definition) is 4. The van der Waals surface area contributed by atoms with Gasteiger partial charge in [-0.2, -0.15) is 0 Å². The van der Waals surface area contributed by atoms with Crippen molar-refractivity contribution in [1.82, 2.24) is 0 Å². The number of carbonyl (C=O) groups is 2. The fraction of sp³-hybridized carbons (Fsp3) is 0.385. The Morgan fingerprint density at radius 2 is 1.76 bits per heavy atom. The summed E-state index contributed by atoms with van der Waals surface area (Å²) >= 11 is 1.25. The number of hydrogen-bond donors (Lipinski definition) is 0. The van der Waals surface area contributed by atoms with Crippen LogP contribution in [0.15, 0.2) is 35.2 Å². The van der Waals surface area contributed by atoms with E-state index >= 15 is 0 Å². The average Bonchev–Trinajstić information content (AvgIpc) is 2.35. The van der Waals surface area contributed by atoms with Gasteiger partial charge in [0.1, 0.15) is 0 Å². The summed E-state index contributed by atoms with van der Waals surface area (Å²) in [5, 5.41) is 0.140. The van der Waals surface area contributed by atoms with Gasteiger partial charge in [0.05, 0.1) is 7.11 Å². The molecule has 0 fully saturated rings. The molecule has 4 heteroatoms. The zero-order chi connectivity index (χ0) is 12.5. The molecule has 0 aliphatic heterocycles. The summed E-state index contributed by atoms with van der Waals surface area (Å²) in [6, 6.07) is 9.57. The van der Waals surface area contributed by atoms with Crippen molar-refractivity contribution in [3.8, 4) is 0 Å². The van der Waals surface area contributed by atoms with Crippen LogP contribution in [0.5, 0.6) is 0 Å². The first kappa shape index (κ1) is 13.8. The predicted molar refractivity (Wildman–Crippen MR) is 67.8 cm³/mol. The summed E-state index contributed by atoms with van der Waals surface area (Å²) in [5.41, 5.74) is 0. The molecule has 1 rings (SSSR count). The quantitative estimate of drug-likeness (QED) is 0.443. The van der Waals surface area contributed by atoms with Crippen LogP contribution >= 0.6 is 11.8 Å². The highest BCUT2D eigenvalue weighted by atomic mass is 32.2. The molecule has 0 radical (unpaired) electrons. The van der Waals surface area contributed by atoms with Crippen LogP contribution in [0.1, 0.15) is 25.7 Å². The summed E-state index contributed by atoms with van der Waals surface area (Å²) in [6.07, 6.45) is 2.32. The zero-order valence-corrected chi connectivity index (χ0v) is 10.7. The highest BCUT2D eigenvalue weighted by Crippen LogP contribution is 2.20. The maximum absolute atomic E-state index is 11.6. The Bertz CT molecular complexity index is 362.